The summed E-state index contributed by atoms with van der Waals surface area (Å²) in [5, 5.41) is 2.67. The molecule has 0 saturated heterocycles. The lowest BCUT2D eigenvalue weighted by atomic mass is 10.2. The van der Waals surface area contributed by atoms with Gasteiger partial charge >= 0.3 is 5.97 Å². The number of benzene rings is 1. The van der Waals surface area contributed by atoms with Gasteiger partial charge in [-0.2, -0.15) is 0 Å². The monoisotopic (exact) mass is 328 g/mol. The Balaban J connectivity index is 2.74. The molecule has 0 aromatic heterocycles. The number of nitrogens with one attached hydrogen (secondary N) is 1. The molecule has 0 saturated carbocycles. The molecule has 104 valence electrons. The van der Waals surface area contributed by atoms with Crippen molar-refractivity contribution in [1.29, 1.82) is 0 Å². The van der Waals surface area contributed by atoms with E-state index in [0.717, 1.165) is 0 Å². The Hall–Kier alpha value is -1.56. The molecule has 5 nitrogen and oxygen atoms in total. The summed E-state index contributed by atoms with van der Waals surface area (Å²) in [5.74, 6) is -0.922. The van der Waals surface area contributed by atoms with Gasteiger partial charge in [-0.05, 0) is 54.9 Å². The first kappa shape index (κ1) is 15.5. The SMILES string of the molecule is CC(C)NC(=O)C(C)OC(=O)c1cc(N)ccc1Br. The van der Waals surface area contributed by atoms with E-state index in [1.165, 1.54) is 13.0 Å². The Labute approximate surface area is 120 Å². The molecule has 0 radical (unpaired) electrons. The quantitative estimate of drug-likeness (QED) is 0.655. The first-order chi connectivity index (χ1) is 8.81. The smallest absolute Gasteiger partial charge is 0.340 e. The zero-order chi connectivity index (χ0) is 14.6. The second-order valence-corrected chi connectivity index (χ2v) is 5.30. The summed E-state index contributed by atoms with van der Waals surface area (Å²) in [5.41, 5.74) is 6.36. The number of nitrogen functional groups attached to an aromatic ring is 1. The maximum absolute atomic E-state index is 11.9. The van der Waals surface area contributed by atoms with Crippen LogP contribution in [0.25, 0.3) is 0 Å². The van der Waals surface area contributed by atoms with Crippen molar-refractivity contribution in [1.82, 2.24) is 5.32 Å². The zero-order valence-electron chi connectivity index (χ0n) is 11.1. The Bertz CT molecular complexity index is 489. The number of hydrogen-bond acceptors (Lipinski definition) is 4. The van der Waals surface area contributed by atoms with Crippen LogP contribution in [0.3, 0.4) is 0 Å². The summed E-state index contributed by atoms with van der Waals surface area (Å²) < 4.78 is 5.67. The largest absolute Gasteiger partial charge is 0.449 e. The van der Waals surface area contributed by atoms with E-state index in [2.05, 4.69) is 21.2 Å². The number of amides is 1. The normalized spacial score (nSPS) is 12.1. The Morgan fingerprint density at radius 1 is 1.32 bits per heavy atom. The van der Waals surface area contributed by atoms with E-state index < -0.39 is 12.1 Å². The molecular formula is C13H17BrN2O3. The van der Waals surface area contributed by atoms with E-state index in [-0.39, 0.29) is 11.9 Å². The van der Waals surface area contributed by atoms with E-state index in [0.29, 0.717) is 15.7 Å². The van der Waals surface area contributed by atoms with Crippen molar-refractivity contribution in [3.05, 3.63) is 28.2 Å². The number of nitrogens with two attached hydrogens (primary N) is 1. The standard InChI is InChI=1S/C13H17BrN2O3/c1-7(2)16-12(17)8(3)19-13(18)10-6-9(15)4-5-11(10)14/h4-8H,15H2,1-3H3,(H,16,17). The predicted octanol–water partition coefficient (Wildman–Crippen LogP) is 2.10. The summed E-state index contributed by atoms with van der Waals surface area (Å²) in [6, 6.07) is 4.81. The molecule has 0 aliphatic rings. The number of esters is 1. The van der Waals surface area contributed by atoms with Crippen molar-refractivity contribution >= 4 is 33.5 Å². The van der Waals surface area contributed by atoms with Crippen LogP contribution in [0.1, 0.15) is 31.1 Å². The molecule has 0 bridgehead atoms. The van der Waals surface area contributed by atoms with Crippen molar-refractivity contribution in [3.8, 4) is 0 Å². The van der Waals surface area contributed by atoms with Gasteiger partial charge in [0.2, 0.25) is 0 Å². The van der Waals surface area contributed by atoms with Gasteiger partial charge in [0.05, 0.1) is 5.56 Å². The fourth-order valence-electron chi connectivity index (χ4n) is 1.38. The molecule has 1 aromatic carbocycles. The third-order valence-electron chi connectivity index (χ3n) is 2.29. The number of anilines is 1. The predicted molar refractivity (Wildman–Crippen MR) is 76.7 cm³/mol. The molecule has 1 unspecified atom stereocenters. The minimum absolute atomic E-state index is 0.00671. The number of carbonyl (C=O) groups is 2. The van der Waals surface area contributed by atoms with E-state index in [9.17, 15) is 9.59 Å². The summed E-state index contributed by atoms with van der Waals surface area (Å²) in [4.78, 5) is 23.6. The van der Waals surface area contributed by atoms with Crippen LogP contribution in [0.5, 0.6) is 0 Å². The molecule has 6 heteroatoms. The first-order valence-corrected chi connectivity index (χ1v) is 6.67. The molecular weight excluding hydrogens is 312 g/mol. The van der Waals surface area contributed by atoms with Crippen molar-refractivity contribution in [2.24, 2.45) is 0 Å². The first-order valence-electron chi connectivity index (χ1n) is 5.87. The van der Waals surface area contributed by atoms with Crippen molar-refractivity contribution < 1.29 is 14.3 Å². The van der Waals surface area contributed by atoms with Crippen LogP contribution in [0.2, 0.25) is 0 Å². The van der Waals surface area contributed by atoms with Crippen LogP contribution in [0, 0.1) is 0 Å². The van der Waals surface area contributed by atoms with Gasteiger partial charge in [0, 0.05) is 16.2 Å². The average molecular weight is 329 g/mol. The Kier molecular flexibility index (Phi) is 5.35. The summed E-state index contributed by atoms with van der Waals surface area (Å²) in [6.07, 6.45) is -0.858. The van der Waals surface area contributed by atoms with Crippen LogP contribution in [-0.4, -0.2) is 24.0 Å². The highest BCUT2D eigenvalue weighted by Gasteiger charge is 2.20. The highest BCUT2D eigenvalue weighted by Crippen LogP contribution is 2.20. The lowest BCUT2D eigenvalue weighted by Gasteiger charge is -2.15. The van der Waals surface area contributed by atoms with Crippen molar-refractivity contribution in [3.63, 3.8) is 0 Å². The van der Waals surface area contributed by atoms with Gasteiger partial charge in [-0.25, -0.2) is 4.79 Å². The lowest BCUT2D eigenvalue weighted by molar-refractivity contribution is -0.129. The van der Waals surface area contributed by atoms with Gasteiger partial charge in [0.1, 0.15) is 0 Å². The third-order valence-corrected chi connectivity index (χ3v) is 2.99. The Morgan fingerprint density at radius 2 is 1.95 bits per heavy atom. The van der Waals surface area contributed by atoms with E-state index in [1.807, 2.05) is 13.8 Å². The maximum atomic E-state index is 11.9. The molecule has 1 atom stereocenters. The topological polar surface area (TPSA) is 81.4 Å². The second kappa shape index (κ2) is 6.56. The van der Waals surface area contributed by atoms with E-state index in [4.69, 9.17) is 10.5 Å². The number of rotatable bonds is 4. The highest BCUT2D eigenvalue weighted by molar-refractivity contribution is 9.10. The van der Waals surface area contributed by atoms with Crippen LogP contribution < -0.4 is 11.1 Å². The molecule has 19 heavy (non-hydrogen) atoms. The molecule has 0 aliphatic heterocycles. The van der Waals surface area contributed by atoms with Crippen LogP contribution >= 0.6 is 15.9 Å². The molecule has 0 aliphatic carbocycles. The highest BCUT2D eigenvalue weighted by atomic mass is 79.9. The van der Waals surface area contributed by atoms with Crippen LogP contribution in [0.4, 0.5) is 5.69 Å². The maximum Gasteiger partial charge on any atom is 0.340 e. The second-order valence-electron chi connectivity index (χ2n) is 4.45. The van der Waals surface area contributed by atoms with Crippen molar-refractivity contribution in [2.75, 3.05) is 5.73 Å². The van der Waals surface area contributed by atoms with Crippen LogP contribution in [-0.2, 0) is 9.53 Å². The summed E-state index contributed by atoms with van der Waals surface area (Å²) in [7, 11) is 0. The van der Waals surface area contributed by atoms with Crippen molar-refractivity contribution in [2.45, 2.75) is 32.9 Å². The minimum Gasteiger partial charge on any atom is -0.449 e. The molecule has 1 rings (SSSR count). The average Bonchev–Trinajstić information content (AvgIpc) is 2.31. The molecule has 1 aromatic rings. The molecule has 0 fully saturated rings. The summed E-state index contributed by atoms with van der Waals surface area (Å²) >= 11 is 3.24. The Morgan fingerprint density at radius 3 is 2.53 bits per heavy atom. The molecule has 1 amide bonds. The van der Waals surface area contributed by atoms with Gasteiger partial charge < -0.3 is 15.8 Å². The molecule has 3 N–H and O–H groups in total. The number of ether oxygens (including phenoxy) is 1. The summed E-state index contributed by atoms with van der Waals surface area (Å²) in [6.45, 7) is 5.19. The van der Waals surface area contributed by atoms with Gasteiger partial charge in [0.15, 0.2) is 6.10 Å². The lowest BCUT2D eigenvalue weighted by Crippen LogP contribution is -2.39. The fraction of sp³-hybridized carbons (Fsp3) is 0.385. The van der Waals surface area contributed by atoms with E-state index >= 15 is 0 Å². The van der Waals surface area contributed by atoms with Gasteiger partial charge in [-0.3, -0.25) is 4.79 Å². The molecule has 0 spiro atoms. The van der Waals surface area contributed by atoms with Gasteiger partial charge in [0.25, 0.3) is 5.91 Å². The third kappa shape index (κ3) is 4.55. The van der Waals surface area contributed by atoms with Gasteiger partial charge in [-0.1, -0.05) is 0 Å². The number of halogens is 1. The van der Waals surface area contributed by atoms with Crippen LogP contribution in [0.15, 0.2) is 22.7 Å². The zero-order valence-corrected chi connectivity index (χ0v) is 12.7. The van der Waals surface area contributed by atoms with Gasteiger partial charge in [-0.15, -0.1) is 0 Å². The number of hydrogen-bond donors (Lipinski definition) is 2. The van der Waals surface area contributed by atoms with E-state index in [1.54, 1.807) is 12.1 Å². The number of carbonyl (C=O) groups excluding carboxylic acids is 2. The molecule has 0 heterocycles. The fourth-order valence-corrected chi connectivity index (χ4v) is 1.79. The minimum atomic E-state index is -0.858.